The monoisotopic (exact) mass is 589 g/mol. The standard InChI is InChI=1S/C31H35N5O7/c1-34-19-28(38)32-25-18-36(30(40)12-15-35-14-11-27(37)33-31(35)41)13-10-26(25)42-20-22-5-3-7-24(17-22)43-23-6-2-4-21(16-23)8-9-29(34)39/h2-7,11,14,16-17,25-26H,8-10,12-13,15,18-20H2,1H3,(H,32,38)(H,33,37,41)/t25-,26+/m0/s1. The van der Waals surface area contributed by atoms with Gasteiger partial charge in [0.25, 0.3) is 5.56 Å². The summed E-state index contributed by atoms with van der Waals surface area (Å²) in [7, 11) is 1.59. The summed E-state index contributed by atoms with van der Waals surface area (Å²) in [5.74, 6) is 0.620. The van der Waals surface area contributed by atoms with Gasteiger partial charge in [-0.05, 0) is 48.2 Å². The van der Waals surface area contributed by atoms with Crippen molar-refractivity contribution in [1.29, 1.82) is 0 Å². The maximum Gasteiger partial charge on any atom is 0.328 e. The van der Waals surface area contributed by atoms with Gasteiger partial charge in [0.15, 0.2) is 0 Å². The molecule has 2 aliphatic heterocycles. The van der Waals surface area contributed by atoms with Crippen LogP contribution in [0.5, 0.6) is 11.5 Å². The summed E-state index contributed by atoms with van der Waals surface area (Å²) in [6.07, 6.45) is 2.24. The number of H-pyrrole nitrogens is 1. The average molecular weight is 590 g/mol. The number of aromatic nitrogens is 2. The number of likely N-dealkylation sites (tertiary alicyclic amines) is 1. The predicted octanol–water partition coefficient (Wildman–Crippen LogP) is 1.43. The van der Waals surface area contributed by atoms with Crippen molar-refractivity contribution >= 4 is 17.7 Å². The lowest BCUT2D eigenvalue weighted by Crippen LogP contribution is -2.58. The Morgan fingerprint density at radius 3 is 2.49 bits per heavy atom. The molecule has 12 nitrogen and oxygen atoms in total. The summed E-state index contributed by atoms with van der Waals surface area (Å²) < 4.78 is 13.7. The number of rotatable bonds is 3. The van der Waals surface area contributed by atoms with Crippen molar-refractivity contribution in [2.75, 3.05) is 26.7 Å². The van der Waals surface area contributed by atoms with Gasteiger partial charge in [-0.25, -0.2) is 4.79 Å². The summed E-state index contributed by atoms with van der Waals surface area (Å²) in [6.45, 7) is 0.877. The van der Waals surface area contributed by atoms with E-state index < -0.39 is 17.3 Å². The Kier molecular flexibility index (Phi) is 9.35. The SMILES string of the molecule is CN1CC(=O)N[C@H]2CN(C(=O)CCn3ccc(=O)[nH]c3=O)CC[C@H]2OCc2cccc(c2)Oc2cccc(c2)CCC1=O. The van der Waals surface area contributed by atoms with Gasteiger partial charge in [-0.15, -0.1) is 0 Å². The molecule has 0 saturated carbocycles. The third-order valence-corrected chi connectivity index (χ3v) is 7.64. The van der Waals surface area contributed by atoms with E-state index in [9.17, 15) is 24.0 Å². The number of benzene rings is 2. The molecule has 2 aliphatic rings. The first-order chi connectivity index (χ1) is 20.7. The van der Waals surface area contributed by atoms with E-state index in [1.165, 1.54) is 21.7 Å². The molecule has 1 saturated heterocycles. The van der Waals surface area contributed by atoms with Crippen LogP contribution in [0.15, 0.2) is 70.4 Å². The molecular formula is C31H35N5O7. The highest BCUT2D eigenvalue weighted by atomic mass is 16.5. The van der Waals surface area contributed by atoms with Gasteiger partial charge in [-0.2, -0.15) is 0 Å². The van der Waals surface area contributed by atoms with Crippen molar-refractivity contribution in [1.82, 2.24) is 24.7 Å². The van der Waals surface area contributed by atoms with Crippen molar-refractivity contribution in [2.45, 2.75) is 51.0 Å². The summed E-state index contributed by atoms with van der Waals surface area (Å²) in [6, 6.07) is 15.9. The largest absolute Gasteiger partial charge is 0.457 e. The molecule has 2 N–H and O–H groups in total. The molecule has 3 amide bonds. The quantitative estimate of drug-likeness (QED) is 0.471. The van der Waals surface area contributed by atoms with Crippen molar-refractivity contribution in [3.63, 3.8) is 0 Å². The number of piperidine rings is 1. The summed E-state index contributed by atoms with van der Waals surface area (Å²) >= 11 is 0. The maximum absolute atomic E-state index is 13.1. The van der Waals surface area contributed by atoms with E-state index in [1.807, 2.05) is 48.5 Å². The van der Waals surface area contributed by atoms with Gasteiger partial charge in [0.2, 0.25) is 17.7 Å². The number of aryl methyl sites for hydroxylation is 2. The first-order valence-electron chi connectivity index (χ1n) is 14.3. The molecule has 5 rings (SSSR count). The van der Waals surface area contributed by atoms with Gasteiger partial charge in [-0.1, -0.05) is 24.3 Å². The van der Waals surface area contributed by atoms with E-state index in [1.54, 1.807) is 11.9 Å². The molecule has 3 aromatic rings. The van der Waals surface area contributed by atoms with E-state index in [4.69, 9.17) is 9.47 Å². The Labute approximate surface area is 248 Å². The highest BCUT2D eigenvalue weighted by Crippen LogP contribution is 2.25. The van der Waals surface area contributed by atoms with Gasteiger partial charge in [0, 0.05) is 51.8 Å². The van der Waals surface area contributed by atoms with Crippen LogP contribution in [0.1, 0.15) is 30.4 Å². The number of carbonyl (C=O) groups excluding carboxylic acids is 3. The average Bonchev–Trinajstić information content (AvgIpc) is 2.98. The van der Waals surface area contributed by atoms with E-state index >= 15 is 0 Å². The first kappa shape index (κ1) is 29.8. The minimum atomic E-state index is -0.579. The van der Waals surface area contributed by atoms with E-state index in [0.717, 1.165) is 11.1 Å². The molecule has 226 valence electrons. The molecule has 1 aromatic heterocycles. The van der Waals surface area contributed by atoms with Crippen LogP contribution in [-0.2, 0) is 38.7 Å². The highest BCUT2D eigenvalue weighted by molar-refractivity contribution is 5.85. The van der Waals surface area contributed by atoms with E-state index in [0.29, 0.717) is 30.9 Å². The molecule has 12 heteroatoms. The normalized spacial score (nSPS) is 19.8. The molecule has 43 heavy (non-hydrogen) atoms. The van der Waals surface area contributed by atoms with Crippen LogP contribution in [-0.4, -0.2) is 75.9 Å². The molecule has 0 unspecified atom stereocenters. The second-order valence-electron chi connectivity index (χ2n) is 10.9. The molecule has 0 spiro atoms. The minimum absolute atomic E-state index is 0.0459. The molecule has 4 bridgehead atoms. The fourth-order valence-electron chi connectivity index (χ4n) is 5.29. The first-order valence-corrected chi connectivity index (χ1v) is 14.3. The van der Waals surface area contributed by atoms with Crippen LogP contribution < -0.4 is 21.3 Å². The molecular weight excluding hydrogens is 554 g/mol. The fraction of sp³-hybridized carbons (Fsp3) is 0.387. The Balaban J connectivity index is 1.31. The van der Waals surface area contributed by atoms with Crippen molar-refractivity contribution < 1.29 is 23.9 Å². The zero-order valence-corrected chi connectivity index (χ0v) is 24.0. The van der Waals surface area contributed by atoms with E-state index in [-0.39, 0.29) is 62.9 Å². The molecule has 1 fully saturated rings. The second-order valence-corrected chi connectivity index (χ2v) is 10.9. The van der Waals surface area contributed by atoms with Gasteiger partial charge < -0.3 is 29.2 Å². The molecule has 3 heterocycles. The predicted molar refractivity (Wildman–Crippen MR) is 157 cm³/mol. The third-order valence-electron chi connectivity index (χ3n) is 7.64. The summed E-state index contributed by atoms with van der Waals surface area (Å²) in [5, 5.41) is 2.99. The number of fused-ring (bicyclic) bond motifs is 5. The molecule has 0 aliphatic carbocycles. The lowest BCUT2D eigenvalue weighted by atomic mass is 10.0. The Morgan fingerprint density at radius 2 is 1.72 bits per heavy atom. The second kappa shape index (κ2) is 13.5. The number of aromatic amines is 1. The van der Waals surface area contributed by atoms with Crippen molar-refractivity contribution in [3.8, 4) is 11.5 Å². The van der Waals surface area contributed by atoms with Crippen molar-refractivity contribution in [3.05, 3.63) is 92.8 Å². The van der Waals surface area contributed by atoms with Crippen LogP contribution in [0.2, 0.25) is 0 Å². The number of likely N-dealkylation sites (N-methyl/N-ethyl adjacent to an activating group) is 1. The molecule has 0 radical (unpaired) electrons. The van der Waals surface area contributed by atoms with Crippen LogP contribution in [0, 0.1) is 0 Å². The number of hydrogen-bond donors (Lipinski definition) is 2. The number of ether oxygens (including phenoxy) is 2. The number of carbonyl (C=O) groups is 3. The topological polar surface area (TPSA) is 143 Å². The van der Waals surface area contributed by atoms with Gasteiger partial charge in [0.1, 0.15) is 11.5 Å². The van der Waals surface area contributed by atoms with Crippen molar-refractivity contribution in [2.24, 2.45) is 0 Å². The van der Waals surface area contributed by atoms with E-state index in [2.05, 4.69) is 10.3 Å². The minimum Gasteiger partial charge on any atom is -0.457 e. The number of nitrogens with one attached hydrogen (secondary N) is 2. The Hall–Kier alpha value is -4.71. The number of nitrogens with zero attached hydrogens (tertiary/aromatic N) is 3. The summed E-state index contributed by atoms with van der Waals surface area (Å²) in [5.41, 5.74) is 0.766. The van der Waals surface area contributed by atoms with Gasteiger partial charge in [0.05, 0.1) is 25.3 Å². The highest BCUT2D eigenvalue weighted by Gasteiger charge is 2.33. The number of amides is 3. The van der Waals surface area contributed by atoms with Gasteiger partial charge in [-0.3, -0.25) is 24.2 Å². The summed E-state index contributed by atoms with van der Waals surface area (Å²) in [4.78, 5) is 67.5. The smallest absolute Gasteiger partial charge is 0.328 e. The fourth-order valence-corrected chi connectivity index (χ4v) is 5.29. The third kappa shape index (κ3) is 7.98. The molecule has 2 atom stereocenters. The number of hydrogen-bond acceptors (Lipinski definition) is 7. The van der Waals surface area contributed by atoms with Crippen LogP contribution in [0.4, 0.5) is 0 Å². The zero-order valence-electron chi connectivity index (χ0n) is 24.0. The Morgan fingerprint density at radius 1 is 0.977 bits per heavy atom. The lowest BCUT2D eigenvalue weighted by Gasteiger charge is -2.39. The van der Waals surface area contributed by atoms with Crippen LogP contribution >= 0.6 is 0 Å². The Bertz CT molecular complexity index is 1600. The molecule has 2 aromatic carbocycles. The zero-order chi connectivity index (χ0) is 30.3. The van der Waals surface area contributed by atoms with Gasteiger partial charge >= 0.3 is 5.69 Å². The van der Waals surface area contributed by atoms with Crippen LogP contribution in [0.25, 0.3) is 0 Å². The maximum atomic E-state index is 13.1. The van der Waals surface area contributed by atoms with Crippen LogP contribution in [0.3, 0.4) is 0 Å². The lowest BCUT2D eigenvalue weighted by molar-refractivity contribution is -0.139.